The highest BCUT2D eigenvalue weighted by atomic mass is 32.2. The molecule has 4 rings (SSSR count). The highest BCUT2D eigenvalue weighted by molar-refractivity contribution is 7.91. The van der Waals surface area contributed by atoms with E-state index in [1.54, 1.807) is 19.1 Å². The van der Waals surface area contributed by atoms with Crippen molar-refractivity contribution >= 4 is 38.1 Å². The van der Waals surface area contributed by atoms with Gasteiger partial charge in [0, 0.05) is 4.88 Å². The zero-order chi connectivity index (χ0) is 22.2. The zero-order valence-electron chi connectivity index (χ0n) is 17.1. The third-order valence-corrected chi connectivity index (χ3v) is 7.88. The van der Waals surface area contributed by atoms with Crippen LogP contribution in [0.3, 0.4) is 0 Å². The average molecular weight is 460 g/mol. The van der Waals surface area contributed by atoms with E-state index in [2.05, 4.69) is 5.32 Å². The smallest absolute Gasteiger partial charge is 0.341 e. The predicted molar refractivity (Wildman–Crippen MR) is 116 cm³/mol. The maximum absolute atomic E-state index is 12.8. The average Bonchev–Trinajstić information content (AvgIpc) is 3.44. The Morgan fingerprint density at radius 2 is 1.87 bits per heavy atom. The van der Waals surface area contributed by atoms with Gasteiger partial charge in [-0.3, -0.25) is 4.79 Å². The van der Waals surface area contributed by atoms with E-state index in [4.69, 9.17) is 9.15 Å². The van der Waals surface area contributed by atoms with Crippen LogP contribution in [0.2, 0.25) is 0 Å². The first-order valence-corrected chi connectivity index (χ1v) is 12.2. The molecule has 31 heavy (non-hydrogen) atoms. The summed E-state index contributed by atoms with van der Waals surface area (Å²) in [6.07, 6.45) is 2.57. The number of ether oxygens (including phenoxy) is 1. The molecule has 1 amide bonds. The van der Waals surface area contributed by atoms with Crippen molar-refractivity contribution in [1.29, 1.82) is 0 Å². The van der Waals surface area contributed by atoms with Gasteiger partial charge in [-0.15, -0.1) is 11.3 Å². The lowest BCUT2D eigenvalue weighted by Gasteiger charge is -2.07. The van der Waals surface area contributed by atoms with Gasteiger partial charge in [0.05, 0.1) is 17.1 Å². The molecular weight excluding hydrogens is 438 g/mol. The number of carbonyl (C=O) groups excluding carboxylic acids is 2. The number of fused-ring (bicyclic) bond motifs is 1. The van der Waals surface area contributed by atoms with E-state index in [0.29, 0.717) is 10.6 Å². The minimum Gasteiger partial charge on any atom is -0.462 e. The number of hydrogen-bond donors (Lipinski definition) is 1. The topological polar surface area (TPSA) is 103 Å². The maximum atomic E-state index is 12.8. The van der Waals surface area contributed by atoms with Gasteiger partial charge in [-0.1, -0.05) is 17.7 Å². The lowest BCUT2D eigenvalue weighted by atomic mass is 10.1. The number of esters is 1. The Labute approximate surface area is 184 Å². The van der Waals surface area contributed by atoms with E-state index in [1.807, 2.05) is 6.92 Å². The molecule has 2 aromatic heterocycles. The fraction of sp³-hybridized carbons (Fsp3) is 0.273. The summed E-state index contributed by atoms with van der Waals surface area (Å²) in [4.78, 5) is 26.3. The van der Waals surface area contributed by atoms with Gasteiger partial charge in [-0.05, 0) is 62.9 Å². The Balaban J connectivity index is 1.59. The van der Waals surface area contributed by atoms with Gasteiger partial charge in [0.25, 0.3) is 5.91 Å². The van der Waals surface area contributed by atoms with Crippen LogP contribution in [0.5, 0.6) is 0 Å². The van der Waals surface area contributed by atoms with Crippen molar-refractivity contribution < 1.29 is 27.2 Å². The van der Waals surface area contributed by atoms with Crippen LogP contribution >= 0.6 is 11.3 Å². The summed E-state index contributed by atoms with van der Waals surface area (Å²) in [7, 11) is -3.89. The lowest BCUT2D eigenvalue weighted by Crippen LogP contribution is -2.14. The molecule has 0 radical (unpaired) electrons. The van der Waals surface area contributed by atoms with E-state index >= 15 is 0 Å². The van der Waals surface area contributed by atoms with Crippen LogP contribution < -0.4 is 5.32 Å². The zero-order valence-corrected chi connectivity index (χ0v) is 18.7. The fourth-order valence-corrected chi connectivity index (χ4v) is 5.94. The SMILES string of the molecule is CCOC(=O)c1c(NC(=O)c2ccc(S(=O)(=O)c3ccc(C)cc3)o2)sc2c1CCC2. The van der Waals surface area contributed by atoms with E-state index < -0.39 is 21.7 Å². The van der Waals surface area contributed by atoms with Crippen LogP contribution in [-0.2, 0) is 27.4 Å². The summed E-state index contributed by atoms with van der Waals surface area (Å²) in [5, 5.41) is 2.77. The van der Waals surface area contributed by atoms with Crippen molar-refractivity contribution in [2.45, 2.75) is 43.1 Å². The predicted octanol–water partition coefficient (Wildman–Crippen LogP) is 4.40. The second kappa shape index (κ2) is 8.32. The summed E-state index contributed by atoms with van der Waals surface area (Å²) in [6.45, 7) is 3.81. The summed E-state index contributed by atoms with van der Waals surface area (Å²) in [6, 6.07) is 8.93. The summed E-state index contributed by atoms with van der Waals surface area (Å²) in [5.74, 6) is -1.26. The Kier molecular flexibility index (Phi) is 5.72. The molecule has 9 heteroatoms. The monoisotopic (exact) mass is 459 g/mol. The number of nitrogens with one attached hydrogen (secondary N) is 1. The number of carbonyl (C=O) groups is 2. The number of hydrogen-bond acceptors (Lipinski definition) is 7. The number of amides is 1. The van der Waals surface area contributed by atoms with E-state index in [1.165, 1.54) is 35.6 Å². The Bertz CT molecular complexity index is 1250. The molecule has 0 aliphatic heterocycles. The number of benzene rings is 1. The lowest BCUT2D eigenvalue weighted by molar-refractivity contribution is 0.0527. The molecule has 7 nitrogen and oxygen atoms in total. The van der Waals surface area contributed by atoms with Crippen LogP contribution in [0.4, 0.5) is 5.00 Å². The van der Waals surface area contributed by atoms with Crippen molar-refractivity contribution in [3.8, 4) is 0 Å². The van der Waals surface area contributed by atoms with E-state index in [0.717, 1.165) is 35.3 Å². The molecule has 0 fully saturated rings. The maximum Gasteiger partial charge on any atom is 0.341 e. The molecule has 0 unspecified atom stereocenters. The number of aryl methyl sites for hydroxylation is 2. The van der Waals surface area contributed by atoms with Crippen molar-refractivity contribution in [2.75, 3.05) is 11.9 Å². The minimum absolute atomic E-state index is 0.0821. The van der Waals surface area contributed by atoms with E-state index in [-0.39, 0.29) is 22.4 Å². The van der Waals surface area contributed by atoms with Crippen molar-refractivity contribution in [3.05, 3.63) is 63.7 Å². The number of sulfone groups is 1. The molecule has 1 aliphatic carbocycles. The van der Waals surface area contributed by atoms with Crippen molar-refractivity contribution in [1.82, 2.24) is 0 Å². The molecule has 0 bridgehead atoms. The highest BCUT2D eigenvalue weighted by Crippen LogP contribution is 2.39. The van der Waals surface area contributed by atoms with Crippen LogP contribution in [0.1, 0.15) is 50.3 Å². The van der Waals surface area contributed by atoms with Gasteiger partial charge in [0.1, 0.15) is 5.00 Å². The molecule has 0 spiro atoms. The molecule has 0 atom stereocenters. The molecule has 0 saturated carbocycles. The normalized spacial score (nSPS) is 13.1. The second-order valence-corrected chi connectivity index (χ2v) is 10.2. The third-order valence-electron chi connectivity index (χ3n) is 5.03. The molecule has 2 heterocycles. The quantitative estimate of drug-likeness (QED) is 0.548. The summed E-state index contributed by atoms with van der Waals surface area (Å²) >= 11 is 1.34. The van der Waals surface area contributed by atoms with Crippen LogP contribution in [0, 0.1) is 6.92 Å². The molecule has 1 N–H and O–H groups in total. The molecule has 1 aromatic carbocycles. The van der Waals surface area contributed by atoms with Gasteiger partial charge in [0.2, 0.25) is 14.9 Å². The Morgan fingerprint density at radius 1 is 1.13 bits per heavy atom. The van der Waals surface area contributed by atoms with E-state index in [9.17, 15) is 18.0 Å². The minimum atomic E-state index is -3.89. The van der Waals surface area contributed by atoms with Gasteiger partial charge in [-0.25, -0.2) is 13.2 Å². The standard InChI is InChI=1S/C22H21NO6S2/c1-3-28-22(25)19-15-5-4-6-17(15)30-21(19)23-20(24)16-11-12-18(29-16)31(26,27)14-9-7-13(2)8-10-14/h7-12H,3-6H2,1-2H3,(H,23,24). The van der Waals surface area contributed by atoms with Gasteiger partial charge in [-0.2, -0.15) is 0 Å². The molecule has 3 aromatic rings. The van der Waals surface area contributed by atoms with Crippen molar-refractivity contribution in [3.63, 3.8) is 0 Å². The molecule has 1 aliphatic rings. The van der Waals surface area contributed by atoms with Crippen molar-refractivity contribution in [2.24, 2.45) is 0 Å². The largest absolute Gasteiger partial charge is 0.462 e. The first kappa shape index (κ1) is 21.3. The summed E-state index contributed by atoms with van der Waals surface area (Å²) < 4.78 is 36.1. The van der Waals surface area contributed by atoms with Gasteiger partial charge >= 0.3 is 5.97 Å². The Hall–Kier alpha value is -2.91. The number of thiophene rings is 1. The molecular formula is C22H21NO6S2. The van der Waals surface area contributed by atoms with Gasteiger partial charge in [0.15, 0.2) is 5.76 Å². The first-order valence-electron chi connectivity index (χ1n) is 9.86. The number of anilines is 1. The third kappa shape index (κ3) is 4.03. The highest BCUT2D eigenvalue weighted by Gasteiger charge is 2.29. The van der Waals surface area contributed by atoms with Crippen LogP contribution in [0.25, 0.3) is 0 Å². The second-order valence-electron chi connectivity index (χ2n) is 7.17. The number of rotatable bonds is 6. The Morgan fingerprint density at radius 3 is 2.58 bits per heavy atom. The summed E-state index contributed by atoms with van der Waals surface area (Å²) in [5.41, 5.74) is 2.23. The van der Waals surface area contributed by atoms with Crippen LogP contribution in [-0.4, -0.2) is 26.9 Å². The van der Waals surface area contributed by atoms with Crippen LogP contribution in [0.15, 0.2) is 50.8 Å². The number of furan rings is 1. The molecule has 0 saturated heterocycles. The van der Waals surface area contributed by atoms with Gasteiger partial charge < -0.3 is 14.5 Å². The first-order chi connectivity index (χ1) is 14.8. The fourth-order valence-electron chi connectivity index (χ4n) is 3.50. The molecule has 162 valence electrons.